The van der Waals surface area contributed by atoms with E-state index in [1.165, 1.54) is 10.8 Å². The van der Waals surface area contributed by atoms with Gasteiger partial charge in [0.15, 0.2) is 0 Å². The van der Waals surface area contributed by atoms with Gasteiger partial charge in [-0.1, -0.05) is 60.7 Å². The number of rotatable bonds is 4. The first-order chi connectivity index (χ1) is 15.6. The number of fused-ring (bicyclic) bond motifs is 2. The molecule has 0 unspecified atom stereocenters. The smallest absolute Gasteiger partial charge is 0.282 e. The molecule has 0 radical (unpaired) electrons. The maximum absolute atomic E-state index is 13.1. The van der Waals surface area contributed by atoms with E-state index in [4.69, 9.17) is 0 Å². The van der Waals surface area contributed by atoms with E-state index in [9.17, 15) is 19.5 Å². The lowest BCUT2D eigenvalue weighted by atomic mass is 10.1. The first-order valence-corrected chi connectivity index (χ1v) is 9.96. The van der Waals surface area contributed by atoms with Crippen LogP contribution in [0.15, 0.2) is 88.8 Å². The normalized spacial score (nSPS) is 13.3. The summed E-state index contributed by atoms with van der Waals surface area (Å²) < 4.78 is 1.25. The molecule has 5 rings (SSSR count). The molecule has 0 atom stereocenters. The Kier molecular flexibility index (Phi) is 4.63. The van der Waals surface area contributed by atoms with Crippen LogP contribution in [-0.4, -0.2) is 32.7 Å². The third kappa shape index (κ3) is 3.07. The second-order valence-electron chi connectivity index (χ2n) is 7.37. The van der Waals surface area contributed by atoms with Gasteiger partial charge in [-0.15, -0.1) is 0 Å². The van der Waals surface area contributed by atoms with E-state index in [0.29, 0.717) is 10.8 Å². The number of aromatic nitrogens is 1. The Bertz CT molecular complexity index is 1440. The molecule has 0 saturated carbocycles. The summed E-state index contributed by atoms with van der Waals surface area (Å²) in [5.74, 6) is -1.37. The van der Waals surface area contributed by atoms with E-state index < -0.39 is 11.8 Å². The minimum absolute atomic E-state index is 0.157. The third-order valence-electron chi connectivity index (χ3n) is 5.45. The number of amides is 2. The Morgan fingerprint density at radius 2 is 1.31 bits per heavy atom. The Morgan fingerprint density at radius 3 is 1.97 bits per heavy atom. The molecule has 0 aliphatic carbocycles. The average Bonchev–Trinajstić information content (AvgIpc) is 3.07. The molecule has 1 aromatic heterocycles. The number of nitrogens with zero attached hydrogens (tertiary/aromatic N) is 3. The maximum atomic E-state index is 13.1. The van der Waals surface area contributed by atoms with Gasteiger partial charge in [0, 0.05) is 10.8 Å². The van der Waals surface area contributed by atoms with Crippen LogP contribution in [0.5, 0.6) is 5.88 Å². The predicted molar refractivity (Wildman–Crippen MR) is 120 cm³/mol. The van der Waals surface area contributed by atoms with E-state index >= 15 is 0 Å². The topological polar surface area (TPSA) is 92.0 Å². The molecule has 1 aliphatic rings. The molecule has 32 heavy (non-hydrogen) atoms. The number of imide groups is 1. The van der Waals surface area contributed by atoms with E-state index in [0.717, 1.165) is 10.6 Å². The lowest BCUT2D eigenvalue weighted by molar-refractivity contribution is 0.0660. The quantitative estimate of drug-likeness (QED) is 0.402. The van der Waals surface area contributed by atoms with Gasteiger partial charge in [-0.3, -0.25) is 19.0 Å². The maximum Gasteiger partial charge on any atom is 0.282 e. The van der Waals surface area contributed by atoms with Crippen molar-refractivity contribution in [1.29, 1.82) is 0 Å². The van der Waals surface area contributed by atoms with E-state index in [-0.39, 0.29) is 34.7 Å². The standard InChI is InChI=1S/C25H17N3O4/c29-22-18-11-5-4-10-17(18)21(23(30)27(22)15-16-8-2-1-3-9-16)14-26-28-24(31)19-12-6-7-13-20(19)25(28)32/h1-14,30H,15H2/b26-14+. The summed E-state index contributed by atoms with van der Waals surface area (Å²) in [6.07, 6.45) is 1.25. The van der Waals surface area contributed by atoms with Crippen LogP contribution in [0.2, 0.25) is 0 Å². The van der Waals surface area contributed by atoms with Crippen molar-refractivity contribution in [3.63, 3.8) is 0 Å². The fourth-order valence-corrected chi connectivity index (χ4v) is 3.85. The molecule has 1 aliphatic heterocycles. The van der Waals surface area contributed by atoms with Crippen LogP contribution < -0.4 is 5.56 Å². The molecular formula is C25H17N3O4. The highest BCUT2D eigenvalue weighted by atomic mass is 16.3. The zero-order valence-corrected chi connectivity index (χ0v) is 16.8. The Labute approximate surface area is 182 Å². The third-order valence-corrected chi connectivity index (χ3v) is 5.45. The molecular weight excluding hydrogens is 406 g/mol. The number of benzene rings is 3. The minimum Gasteiger partial charge on any atom is -0.494 e. The van der Waals surface area contributed by atoms with Crippen LogP contribution in [0.3, 0.4) is 0 Å². The van der Waals surface area contributed by atoms with E-state index in [1.54, 1.807) is 48.5 Å². The fourth-order valence-electron chi connectivity index (χ4n) is 3.85. The van der Waals surface area contributed by atoms with Crippen LogP contribution in [0.25, 0.3) is 10.8 Å². The van der Waals surface area contributed by atoms with Crippen LogP contribution in [0, 0.1) is 0 Å². The molecule has 4 aromatic rings. The van der Waals surface area contributed by atoms with Crippen molar-refractivity contribution in [2.24, 2.45) is 5.10 Å². The van der Waals surface area contributed by atoms with Gasteiger partial charge >= 0.3 is 0 Å². The SMILES string of the molecule is O=C1c2ccccc2C(=O)N1/N=C/c1c(O)n(Cc2ccccc2)c(=O)c2ccccc12. The van der Waals surface area contributed by atoms with Gasteiger partial charge in [-0.05, 0) is 23.8 Å². The summed E-state index contributed by atoms with van der Waals surface area (Å²) in [5.41, 5.74) is 1.28. The van der Waals surface area contributed by atoms with Gasteiger partial charge < -0.3 is 5.11 Å². The molecule has 7 heteroatoms. The van der Waals surface area contributed by atoms with Crippen LogP contribution >= 0.6 is 0 Å². The number of pyridine rings is 1. The molecule has 0 spiro atoms. The summed E-state index contributed by atoms with van der Waals surface area (Å²) in [7, 11) is 0. The molecule has 0 bridgehead atoms. The monoisotopic (exact) mass is 423 g/mol. The summed E-state index contributed by atoms with van der Waals surface area (Å²) in [6, 6.07) is 22.6. The van der Waals surface area contributed by atoms with Crippen molar-refractivity contribution in [3.05, 3.63) is 111 Å². The molecule has 1 N–H and O–H groups in total. The number of aromatic hydroxyl groups is 1. The van der Waals surface area contributed by atoms with Gasteiger partial charge in [-0.25, -0.2) is 0 Å². The Morgan fingerprint density at radius 1 is 0.750 bits per heavy atom. The molecule has 3 aromatic carbocycles. The van der Waals surface area contributed by atoms with Gasteiger partial charge in [0.25, 0.3) is 17.4 Å². The molecule has 0 saturated heterocycles. The molecule has 0 fully saturated rings. The summed E-state index contributed by atoms with van der Waals surface area (Å²) in [5, 5.41) is 16.7. The van der Waals surface area contributed by atoms with Gasteiger partial charge in [0.1, 0.15) is 0 Å². The summed E-state index contributed by atoms with van der Waals surface area (Å²) in [4.78, 5) is 38.3. The van der Waals surface area contributed by atoms with Gasteiger partial charge in [0.2, 0.25) is 5.88 Å². The largest absolute Gasteiger partial charge is 0.494 e. The highest BCUT2D eigenvalue weighted by molar-refractivity contribution is 6.21. The number of carbonyl (C=O) groups excluding carboxylic acids is 2. The van der Waals surface area contributed by atoms with Gasteiger partial charge in [-0.2, -0.15) is 10.1 Å². The number of hydrogen-bond acceptors (Lipinski definition) is 5. The van der Waals surface area contributed by atoms with E-state index in [2.05, 4.69) is 5.10 Å². The zero-order valence-electron chi connectivity index (χ0n) is 16.8. The second-order valence-corrected chi connectivity index (χ2v) is 7.37. The van der Waals surface area contributed by atoms with Crippen LogP contribution in [0.1, 0.15) is 31.8 Å². The van der Waals surface area contributed by atoms with Crippen molar-refractivity contribution in [2.75, 3.05) is 0 Å². The zero-order chi connectivity index (χ0) is 22.2. The molecule has 7 nitrogen and oxygen atoms in total. The number of hydrazone groups is 1. The number of hydrogen-bond donors (Lipinski definition) is 1. The fraction of sp³-hybridized carbons (Fsp3) is 0.0400. The average molecular weight is 423 g/mol. The van der Waals surface area contributed by atoms with Crippen molar-refractivity contribution in [1.82, 2.24) is 9.58 Å². The van der Waals surface area contributed by atoms with Gasteiger partial charge in [0.05, 0.1) is 29.4 Å². The van der Waals surface area contributed by atoms with Crippen molar-refractivity contribution in [3.8, 4) is 5.88 Å². The predicted octanol–water partition coefficient (Wildman–Crippen LogP) is 3.39. The van der Waals surface area contributed by atoms with Crippen molar-refractivity contribution >= 4 is 28.8 Å². The Balaban J connectivity index is 1.62. The lowest BCUT2D eigenvalue weighted by Gasteiger charge is -2.14. The first kappa shape index (κ1) is 19.4. The minimum atomic E-state index is -0.539. The number of carbonyl (C=O) groups is 2. The Hall–Kier alpha value is -4.52. The highest BCUT2D eigenvalue weighted by Gasteiger charge is 2.35. The molecule has 2 heterocycles. The molecule has 156 valence electrons. The van der Waals surface area contributed by atoms with Crippen LogP contribution in [-0.2, 0) is 6.54 Å². The second kappa shape index (κ2) is 7.63. The highest BCUT2D eigenvalue weighted by Crippen LogP contribution is 2.26. The summed E-state index contributed by atoms with van der Waals surface area (Å²) in [6.45, 7) is 0.157. The first-order valence-electron chi connectivity index (χ1n) is 9.96. The molecule has 2 amide bonds. The van der Waals surface area contributed by atoms with Crippen LogP contribution in [0.4, 0.5) is 0 Å². The van der Waals surface area contributed by atoms with Crippen molar-refractivity contribution in [2.45, 2.75) is 6.54 Å². The van der Waals surface area contributed by atoms with E-state index in [1.807, 2.05) is 30.3 Å². The summed E-state index contributed by atoms with van der Waals surface area (Å²) >= 11 is 0. The van der Waals surface area contributed by atoms with Crippen molar-refractivity contribution < 1.29 is 14.7 Å². The lowest BCUT2D eigenvalue weighted by Crippen LogP contribution is -2.25.